The molecular weight excluding hydrogens is 375 g/mol. The predicted molar refractivity (Wildman–Crippen MR) is 96.2 cm³/mol. The zero-order chi connectivity index (χ0) is 19.4. The Kier molecular flexibility index (Phi) is 5.41. The summed E-state index contributed by atoms with van der Waals surface area (Å²) in [6.45, 7) is 0. The zero-order valence-electron chi connectivity index (χ0n) is 14.1. The van der Waals surface area contributed by atoms with Crippen LogP contribution in [0.3, 0.4) is 0 Å². The van der Waals surface area contributed by atoms with Gasteiger partial charge in [0, 0.05) is 6.08 Å². The SMILES string of the molecule is O=C(/C=C/c1ccc(-c2ccccc2F)o1)NNC(=O)[C@@H]1CCS(=O)(=O)C1. The number of hydrogen-bond acceptors (Lipinski definition) is 5. The third-order valence-electron chi connectivity index (χ3n) is 4.08. The zero-order valence-corrected chi connectivity index (χ0v) is 15.0. The van der Waals surface area contributed by atoms with E-state index in [-0.39, 0.29) is 17.9 Å². The molecule has 1 aromatic heterocycles. The summed E-state index contributed by atoms with van der Waals surface area (Å²) in [5, 5.41) is 0. The standard InChI is InChI=1S/C18H17FN2O5S/c19-15-4-2-1-3-14(15)16-7-5-13(26-16)6-8-17(22)20-21-18(23)12-9-10-27(24,25)11-12/h1-8,12H,9-11H2,(H,20,22)(H,21,23)/b8-6+/t12-/m1/s1. The van der Waals surface area contributed by atoms with Gasteiger partial charge in [-0.05, 0) is 36.8 Å². The smallest absolute Gasteiger partial charge is 0.262 e. The van der Waals surface area contributed by atoms with Crippen LogP contribution in [0.1, 0.15) is 12.2 Å². The number of nitrogens with one attached hydrogen (secondary N) is 2. The molecule has 3 rings (SSSR count). The summed E-state index contributed by atoms with van der Waals surface area (Å²) in [5.74, 6) is -1.83. The van der Waals surface area contributed by atoms with Gasteiger partial charge in [0.05, 0.1) is 23.0 Å². The Hall–Kier alpha value is -2.94. The molecule has 0 aliphatic carbocycles. The van der Waals surface area contributed by atoms with E-state index in [4.69, 9.17) is 4.42 Å². The molecule has 1 aliphatic rings. The average Bonchev–Trinajstić information content (AvgIpc) is 3.24. The lowest BCUT2D eigenvalue weighted by Crippen LogP contribution is -2.44. The summed E-state index contributed by atoms with van der Waals surface area (Å²) in [4.78, 5) is 23.6. The number of hydrogen-bond donors (Lipinski definition) is 2. The normalized spacial score (nSPS) is 18.5. The molecule has 0 radical (unpaired) electrons. The minimum Gasteiger partial charge on any atom is -0.457 e. The molecule has 9 heteroatoms. The van der Waals surface area contributed by atoms with Gasteiger partial charge in [-0.1, -0.05) is 12.1 Å². The highest BCUT2D eigenvalue weighted by Gasteiger charge is 2.32. The van der Waals surface area contributed by atoms with Crippen LogP contribution in [0.2, 0.25) is 0 Å². The first kappa shape index (κ1) is 18.8. The van der Waals surface area contributed by atoms with Crippen molar-refractivity contribution in [2.45, 2.75) is 6.42 Å². The lowest BCUT2D eigenvalue weighted by Gasteiger charge is -2.09. The molecule has 1 aliphatic heterocycles. The van der Waals surface area contributed by atoms with Gasteiger partial charge in [0.25, 0.3) is 5.91 Å². The Labute approximate surface area is 155 Å². The number of carbonyl (C=O) groups is 2. The van der Waals surface area contributed by atoms with Gasteiger partial charge < -0.3 is 4.42 Å². The van der Waals surface area contributed by atoms with Crippen molar-refractivity contribution in [1.29, 1.82) is 0 Å². The van der Waals surface area contributed by atoms with Gasteiger partial charge in [-0.2, -0.15) is 0 Å². The summed E-state index contributed by atoms with van der Waals surface area (Å²) in [6, 6.07) is 9.31. The van der Waals surface area contributed by atoms with Crippen LogP contribution in [-0.4, -0.2) is 31.7 Å². The van der Waals surface area contributed by atoms with E-state index in [2.05, 4.69) is 10.9 Å². The first-order valence-electron chi connectivity index (χ1n) is 8.17. The van der Waals surface area contributed by atoms with Gasteiger partial charge in [-0.3, -0.25) is 20.4 Å². The Bertz CT molecular complexity index is 997. The maximum absolute atomic E-state index is 13.7. The Morgan fingerprint density at radius 2 is 1.93 bits per heavy atom. The van der Waals surface area contributed by atoms with Gasteiger partial charge in [-0.15, -0.1) is 0 Å². The highest BCUT2D eigenvalue weighted by atomic mass is 32.2. The summed E-state index contributed by atoms with van der Waals surface area (Å²) in [5.41, 5.74) is 4.69. The second-order valence-corrected chi connectivity index (χ2v) is 8.32. The van der Waals surface area contributed by atoms with Gasteiger partial charge >= 0.3 is 0 Å². The lowest BCUT2D eigenvalue weighted by molar-refractivity contribution is -0.129. The molecular formula is C18H17FN2O5S. The molecule has 2 heterocycles. The molecule has 1 aromatic carbocycles. The second kappa shape index (κ2) is 7.75. The van der Waals surface area contributed by atoms with Crippen LogP contribution in [0.25, 0.3) is 17.4 Å². The average molecular weight is 392 g/mol. The summed E-state index contributed by atoms with van der Waals surface area (Å²) < 4.78 is 41.9. The number of amides is 2. The highest BCUT2D eigenvalue weighted by Crippen LogP contribution is 2.25. The van der Waals surface area contributed by atoms with E-state index in [0.717, 1.165) is 6.08 Å². The van der Waals surface area contributed by atoms with Crippen LogP contribution in [-0.2, 0) is 19.4 Å². The van der Waals surface area contributed by atoms with E-state index < -0.39 is 33.4 Å². The number of sulfone groups is 1. The molecule has 2 aromatic rings. The molecule has 2 N–H and O–H groups in total. The number of benzene rings is 1. The van der Waals surface area contributed by atoms with Gasteiger partial charge in [0.15, 0.2) is 9.84 Å². The van der Waals surface area contributed by atoms with Crippen LogP contribution < -0.4 is 10.9 Å². The van der Waals surface area contributed by atoms with Crippen molar-refractivity contribution >= 4 is 27.7 Å². The summed E-state index contributed by atoms with van der Waals surface area (Å²) >= 11 is 0. The second-order valence-electron chi connectivity index (χ2n) is 6.09. The van der Waals surface area contributed by atoms with Crippen molar-refractivity contribution in [1.82, 2.24) is 10.9 Å². The van der Waals surface area contributed by atoms with Crippen LogP contribution in [0, 0.1) is 11.7 Å². The number of rotatable bonds is 4. The number of furan rings is 1. The van der Waals surface area contributed by atoms with Crippen molar-refractivity contribution in [2.24, 2.45) is 5.92 Å². The molecule has 2 amide bonds. The predicted octanol–water partition coefficient (Wildman–Crippen LogP) is 1.68. The van der Waals surface area contributed by atoms with E-state index in [1.165, 1.54) is 12.1 Å². The molecule has 0 saturated carbocycles. The monoisotopic (exact) mass is 392 g/mol. The molecule has 142 valence electrons. The molecule has 1 fully saturated rings. The van der Waals surface area contributed by atoms with Crippen LogP contribution in [0.5, 0.6) is 0 Å². The highest BCUT2D eigenvalue weighted by molar-refractivity contribution is 7.91. The fourth-order valence-electron chi connectivity index (χ4n) is 2.67. The van der Waals surface area contributed by atoms with E-state index in [1.807, 2.05) is 0 Å². The van der Waals surface area contributed by atoms with Gasteiger partial charge in [0.1, 0.15) is 17.3 Å². The van der Waals surface area contributed by atoms with Crippen LogP contribution >= 0.6 is 0 Å². The van der Waals surface area contributed by atoms with Crippen LogP contribution in [0.4, 0.5) is 4.39 Å². The maximum atomic E-state index is 13.7. The largest absolute Gasteiger partial charge is 0.457 e. The Morgan fingerprint density at radius 1 is 1.15 bits per heavy atom. The molecule has 1 atom stereocenters. The third-order valence-corrected chi connectivity index (χ3v) is 5.85. The first-order valence-corrected chi connectivity index (χ1v) is 9.99. The van der Waals surface area contributed by atoms with E-state index in [0.29, 0.717) is 17.1 Å². The maximum Gasteiger partial charge on any atom is 0.262 e. The minimum atomic E-state index is -3.18. The Balaban J connectivity index is 1.53. The Morgan fingerprint density at radius 3 is 2.63 bits per heavy atom. The van der Waals surface area contributed by atoms with E-state index in [9.17, 15) is 22.4 Å². The molecule has 0 spiro atoms. The minimum absolute atomic E-state index is 0.0260. The fourth-order valence-corrected chi connectivity index (χ4v) is 4.42. The van der Waals surface area contributed by atoms with Crippen molar-refractivity contribution in [3.8, 4) is 11.3 Å². The van der Waals surface area contributed by atoms with Gasteiger partial charge in [0.2, 0.25) is 5.91 Å². The van der Waals surface area contributed by atoms with Crippen molar-refractivity contribution in [2.75, 3.05) is 11.5 Å². The lowest BCUT2D eigenvalue weighted by atomic mass is 10.1. The van der Waals surface area contributed by atoms with Crippen molar-refractivity contribution in [3.63, 3.8) is 0 Å². The molecule has 27 heavy (non-hydrogen) atoms. The first-order chi connectivity index (χ1) is 12.8. The van der Waals surface area contributed by atoms with Crippen molar-refractivity contribution in [3.05, 3.63) is 54.1 Å². The fraction of sp³-hybridized carbons (Fsp3) is 0.222. The molecule has 0 unspecified atom stereocenters. The number of halogens is 1. The van der Waals surface area contributed by atoms with E-state index >= 15 is 0 Å². The van der Waals surface area contributed by atoms with Crippen molar-refractivity contribution < 1.29 is 26.8 Å². The summed E-state index contributed by atoms with van der Waals surface area (Å²) in [6.07, 6.45) is 2.74. The summed E-state index contributed by atoms with van der Waals surface area (Å²) in [7, 11) is -3.18. The third kappa shape index (κ3) is 4.82. The molecule has 7 nitrogen and oxygen atoms in total. The molecule has 0 bridgehead atoms. The number of carbonyl (C=O) groups excluding carboxylic acids is 2. The van der Waals surface area contributed by atoms with E-state index in [1.54, 1.807) is 30.3 Å². The van der Waals surface area contributed by atoms with Gasteiger partial charge in [-0.25, -0.2) is 12.8 Å². The molecule has 1 saturated heterocycles. The number of hydrazine groups is 1. The van der Waals surface area contributed by atoms with Crippen LogP contribution in [0.15, 0.2) is 46.9 Å². The topological polar surface area (TPSA) is 105 Å². The quantitative estimate of drug-likeness (QED) is 0.608.